The van der Waals surface area contributed by atoms with Crippen LogP contribution in [0.15, 0.2) is 92.2 Å². The molecule has 268 valence electrons. The molecule has 7 rings (SSSR count). The molecule has 6 aromatic rings. The fourth-order valence-electron chi connectivity index (χ4n) is 5.97. The Morgan fingerprint density at radius 2 is 1.27 bits per heavy atom. The van der Waals surface area contributed by atoms with E-state index in [1.54, 1.807) is 6.07 Å². The molecule has 1 aliphatic heterocycles. The first-order valence-electron chi connectivity index (χ1n) is 15.2. The molecule has 52 heavy (non-hydrogen) atoms. The van der Waals surface area contributed by atoms with Gasteiger partial charge < -0.3 is 18.5 Å². The predicted molar refractivity (Wildman–Crippen MR) is 162 cm³/mol. The summed E-state index contributed by atoms with van der Waals surface area (Å²) in [7, 11) is 0. The minimum absolute atomic E-state index is 0.0505. The van der Waals surface area contributed by atoms with Gasteiger partial charge in [-0.15, -0.1) is 10.2 Å². The van der Waals surface area contributed by atoms with Crippen molar-refractivity contribution in [1.29, 1.82) is 0 Å². The second-order valence-corrected chi connectivity index (χ2v) is 11.6. The fraction of sp³-hybridized carbons (Fsp3) is 0.258. The Kier molecular flexibility index (Phi) is 8.34. The van der Waals surface area contributed by atoms with Crippen LogP contribution in [0.4, 0.5) is 26.3 Å². The minimum Gasteiger partial charge on any atom is -0.334 e. The van der Waals surface area contributed by atoms with E-state index in [-0.39, 0.29) is 37.2 Å². The van der Waals surface area contributed by atoms with Crippen molar-refractivity contribution in [1.82, 2.24) is 49.1 Å². The van der Waals surface area contributed by atoms with E-state index in [0.717, 1.165) is 44.8 Å². The maximum absolute atomic E-state index is 15.1. The number of rotatable bonds is 8. The zero-order valence-corrected chi connectivity index (χ0v) is 26.2. The monoisotopic (exact) mass is 728 g/mol. The molecule has 0 saturated heterocycles. The molecule has 0 spiro atoms. The molecular formula is C31H22F6N10O5. The second-order valence-electron chi connectivity index (χ2n) is 11.6. The Balaban J connectivity index is 1.40. The smallest absolute Gasteiger partial charge is 0.334 e. The molecule has 0 atom stereocenters. The second kappa shape index (κ2) is 12.7. The Hall–Kier alpha value is -6.41. The Bertz CT molecular complexity index is 2270. The van der Waals surface area contributed by atoms with E-state index in [2.05, 4.69) is 39.5 Å². The van der Waals surface area contributed by atoms with Crippen LogP contribution in [0.1, 0.15) is 29.3 Å². The van der Waals surface area contributed by atoms with E-state index in [1.165, 1.54) is 34.3 Å². The maximum atomic E-state index is 15.1. The minimum atomic E-state index is -4.96. The summed E-state index contributed by atoms with van der Waals surface area (Å²) in [6.45, 7) is 0.219. The molecule has 15 nitrogen and oxygen atoms in total. The van der Waals surface area contributed by atoms with E-state index < -0.39 is 58.5 Å². The van der Waals surface area contributed by atoms with Crippen molar-refractivity contribution >= 4 is 5.91 Å². The van der Waals surface area contributed by atoms with Gasteiger partial charge in [-0.1, -0.05) is 34.6 Å². The van der Waals surface area contributed by atoms with Gasteiger partial charge in [0, 0.05) is 61.7 Å². The van der Waals surface area contributed by atoms with Crippen LogP contribution in [0, 0.1) is 0 Å². The van der Waals surface area contributed by atoms with Crippen molar-refractivity contribution in [2.45, 2.75) is 43.9 Å². The van der Waals surface area contributed by atoms with Crippen molar-refractivity contribution in [3.63, 3.8) is 0 Å². The number of amides is 1. The lowest BCUT2D eigenvalue weighted by atomic mass is 9.96. The molecule has 0 fully saturated rings. The summed E-state index contributed by atoms with van der Waals surface area (Å²) in [4.78, 5) is 51.3. The summed E-state index contributed by atoms with van der Waals surface area (Å²) in [5.41, 5.74) is -2.70. The Morgan fingerprint density at radius 3 is 1.75 bits per heavy atom. The Morgan fingerprint density at radius 1 is 0.750 bits per heavy atom. The van der Waals surface area contributed by atoms with Crippen molar-refractivity contribution in [2.75, 3.05) is 6.54 Å². The van der Waals surface area contributed by atoms with Gasteiger partial charge in [0.25, 0.3) is 17.0 Å². The molecule has 0 bridgehead atoms. The third-order valence-corrected chi connectivity index (χ3v) is 8.44. The summed E-state index contributed by atoms with van der Waals surface area (Å²) in [5, 5.41) is 14.2. The first kappa shape index (κ1) is 34.1. The summed E-state index contributed by atoms with van der Waals surface area (Å²) in [5.74, 6) is -5.15. The van der Waals surface area contributed by atoms with Gasteiger partial charge in [0.05, 0.1) is 0 Å². The molecule has 6 heterocycles. The van der Waals surface area contributed by atoms with Gasteiger partial charge in [-0.3, -0.25) is 23.5 Å². The zero-order valence-electron chi connectivity index (χ0n) is 26.2. The number of benzene rings is 1. The van der Waals surface area contributed by atoms with Crippen molar-refractivity contribution in [2.24, 2.45) is 0 Å². The highest BCUT2D eigenvalue weighted by molar-refractivity contribution is 5.85. The number of pyridine rings is 2. The van der Waals surface area contributed by atoms with Crippen LogP contribution in [-0.2, 0) is 42.3 Å². The first-order chi connectivity index (χ1) is 24.7. The molecule has 0 N–H and O–H groups in total. The van der Waals surface area contributed by atoms with Crippen molar-refractivity contribution in [3.8, 4) is 22.8 Å². The fourth-order valence-corrected chi connectivity index (χ4v) is 5.97. The molecule has 1 amide bonds. The van der Waals surface area contributed by atoms with Crippen LogP contribution in [0.3, 0.4) is 0 Å². The summed E-state index contributed by atoms with van der Waals surface area (Å²) in [6.07, 6.45) is -4.89. The highest BCUT2D eigenvalue weighted by atomic mass is 19.4. The molecule has 0 unspecified atom stereocenters. The normalized spacial score (nSPS) is 13.7. The standard InChI is InChI=1S/C31H22F6N10O5/c32-30(33,34)26-40-24(42-51-26)19-6-10-46(22(48)13-19)29(8-12-44-16-38-39-17-44,28(50)45-9-5-18-3-1-2-4-21(18)15-45)47-11-7-20(14-23(47)49)25-41-27(52-43-25)31(35,36)37/h1-4,6-7,10-11,13-14,16-17H,5,8-9,12,15H2. The number of carbonyl (C=O) groups excluding carboxylic acids is 1. The third-order valence-electron chi connectivity index (χ3n) is 8.44. The average Bonchev–Trinajstić information content (AvgIpc) is 3.91. The number of hydrogen-bond donors (Lipinski definition) is 0. The predicted octanol–water partition coefficient (Wildman–Crippen LogP) is 3.62. The highest BCUT2D eigenvalue weighted by Gasteiger charge is 2.47. The van der Waals surface area contributed by atoms with E-state index in [4.69, 9.17) is 0 Å². The first-order valence-corrected chi connectivity index (χ1v) is 15.2. The SMILES string of the molecule is O=C(N1CCc2ccccc2C1)C(CCn1cnnc1)(n1ccc(-c2noc(C(F)(F)F)n2)cc1=O)n1ccc(-c2noc(C(F)(F)F)n2)cc1=O. The number of nitrogens with zero attached hydrogens (tertiary/aromatic N) is 10. The number of halogens is 6. The van der Waals surface area contributed by atoms with Gasteiger partial charge in [0.1, 0.15) is 12.7 Å². The van der Waals surface area contributed by atoms with Gasteiger partial charge >= 0.3 is 24.1 Å². The lowest BCUT2D eigenvalue weighted by Gasteiger charge is -2.41. The van der Waals surface area contributed by atoms with Crippen LogP contribution in [0.5, 0.6) is 0 Å². The number of hydrogen-bond acceptors (Lipinski definition) is 11. The maximum Gasteiger partial charge on any atom is 0.471 e. The van der Waals surface area contributed by atoms with Gasteiger partial charge in [0.2, 0.25) is 17.3 Å². The quantitative estimate of drug-likeness (QED) is 0.210. The number of fused-ring (bicyclic) bond motifs is 1. The third kappa shape index (κ3) is 6.24. The van der Waals surface area contributed by atoms with Crippen LogP contribution < -0.4 is 11.1 Å². The topological polar surface area (TPSA) is 173 Å². The molecule has 1 aliphatic rings. The molecule has 5 aromatic heterocycles. The van der Waals surface area contributed by atoms with Gasteiger partial charge in [-0.25, -0.2) is 0 Å². The largest absolute Gasteiger partial charge is 0.471 e. The number of alkyl halides is 6. The average molecular weight is 729 g/mol. The number of carbonyl (C=O) groups is 1. The number of aromatic nitrogens is 9. The van der Waals surface area contributed by atoms with Crippen LogP contribution in [0.2, 0.25) is 0 Å². The zero-order chi connectivity index (χ0) is 36.8. The molecule has 0 saturated carbocycles. The van der Waals surface area contributed by atoms with Crippen molar-refractivity contribution in [3.05, 3.63) is 117 Å². The van der Waals surface area contributed by atoms with Gasteiger partial charge in [-0.2, -0.15) is 36.3 Å². The van der Waals surface area contributed by atoms with Crippen LogP contribution in [-0.4, -0.2) is 61.5 Å². The molecule has 21 heteroatoms. The van der Waals surface area contributed by atoms with Gasteiger partial charge in [0.15, 0.2) is 0 Å². The molecule has 1 aromatic carbocycles. The summed E-state index contributed by atoms with van der Waals surface area (Å²) < 4.78 is 91.1. The van der Waals surface area contributed by atoms with Gasteiger partial charge in [-0.05, 0) is 29.7 Å². The summed E-state index contributed by atoms with van der Waals surface area (Å²) in [6, 6.07) is 11.5. The lowest BCUT2D eigenvalue weighted by Crippen LogP contribution is -2.61. The molecule has 0 radical (unpaired) electrons. The molecule has 0 aliphatic carbocycles. The van der Waals surface area contributed by atoms with E-state index in [1.807, 2.05) is 18.2 Å². The van der Waals surface area contributed by atoms with Crippen LogP contribution in [0.25, 0.3) is 22.8 Å². The van der Waals surface area contributed by atoms with Crippen LogP contribution >= 0.6 is 0 Å². The van der Waals surface area contributed by atoms with E-state index in [0.29, 0.717) is 6.42 Å². The molecular weight excluding hydrogens is 706 g/mol. The Labute approximate surface area is 285 Å². The van der Waals surface area contributed by atoms with Crippen molar-refractivity contribution < 1.29 is 40.2 Å². The lowest BCUT2D eigenvalue weighted by molar-refractivity contribution is -0.160. The number of aryl methyl sites for hydroxylation is 1. The van der Waals surface area contributed by atoms with E-state index in [9.17, 15) is 35.9 Å². The summed E-state index contributed by atoms with van der Waals surface area (Å²) >= 11 is 0. The van der Waals surface area contributed by atoms with E-state index >= 15 is 4.79 Å². The highest BCUT2D eigenvalue weighted by Crippen LogP contribution is 2.33.